The zero-order valence-corrected chi connectivity index (χ0v) is 10.1. The van der Waals surface area contributed by atoms with Crippen molar-refractivity contribution in [1.29, 1.82) is 0 Å². The van der Waals surface area contributed by atoms with Crippen molar-refractivity contribution in [3.63, 3.8) is 0 Å². The maximum Gasteiger partial charge on any atom is 0.422 e. The summed E-state index contributed by atoms with van der Waals surface area (Å²) in [5.74, 6) is 0. The summed E-state index contributed by atoms with van der Waals surface area (Å²) in [4.78, 5) is 11.1. The van der Waals surface area contributed by atoms with Crippen LogP contribution in [0.3, 0.4) is 0 Å². The minimum absolute atomic E-state index is 0.0838. The van der Waals surface area contributed by atoms with Gasteiger partial charge in [0.25, 0.3) is 0 Å². The van der Waals surface area contributed by atoms with Gasteiger partial charge in [-0.1, -0.05) is 20.3 Å². The van der Waals surface area contributed by atoms with Gasteiger partial charge in [0.1, 0.15) is 0 Å². The van der Waals surface area contributed by atoms with E-state index in [0.717, 1.165) is 25.7 Å². The van der Waals surface area contributed by atoms with Crippen molar-refractivity contribution in [3.05, 3.63) is 0 Å². The van der Waals surface area contributed by atoms with Crippen LogP contribution in [0.25, 0.3) is 0 Å². The van der Waals surface area contributed by atoms with Gasteiger partial charge in [0, 0.05) is 6.04 Å². The highest BCUT2D eigenvalue weighted by atomic mass is 19.4. The van der Waals surface area contributed by atoms with Crippen LogP contribution in [0, 0.1) is 5.41 Å². The van der Waals surface area contributed by atoms with Gasteiger partial charge in [-0.3, -0.25) is 0 Å². The van der Waals surface area contributed by atoms with Gasteiger partial charge in [-0.05, 0) is 24.7 Å². The Labute approximate surface area is 98.7 Å². The van der Waals surface area contributed by atoms with E-state index in [2.05, 4.69) is 23.9 Å². The van der Waals surface area contributed by atoms with Crippen molar-refractivity contribution < 1.29 is 22.7 Å². The van der Waals surface area contributed by atoms with E-state index in [-0.39, 0.29) is 11.5 Å². The monoisotopic (exact) mass is 253 g/mol. The largest absolute Gasteiger partial charge is 0.440 e. The fourth-order valence-electron chi connectivity index (χ4n) is 2.18. The first-order valence-corrected chi connectivity index (χ1v) is 5.68. The molecule has 3 nitrogen and oxygen atoms in total. The topological polar surface area (TPSA) is 38.3 Å². The van der Waals surface area contributed by atoms with E-state index in [9.17, 15) is 18.0 Å². The maximum atomic E-state index is 11.8. The zero-order chi connectivity index (χ0) is 13.1. The second kappa shape index (κ2) is 5.14. The SMILES string of the molecule is CC1(C)CCCC(NC(=O)OCC(F)(F)F)C1. The summed E-state index contributed by atoms with van der Waals surface area (Å²) in [5.41, 5.74) is 0.125. The number of ether oxygens (including phenoxy) is 1. The van der Waals surface area contributed by atoms with E-state index in [1.54, 1.807) is 0 Å². The number of halogens is 3. The average molecular weight is 253 g/mol. The number of carbonyl (C=O) groups is 1. The lowest BCUT2D eigenvalue weighted by molar-refractivity contribution is -0.160. The molecule has 100 valence electrons. The van der Waals surface area contributed by atoms with E-state index in [1.807, 2.05) is 0 Å². The number of carbonyl (C=O) groups excluding carboxylic acids is 1. The molecule has 17 heavy (non-hydrogen) atoms. The van der Waals surface area contributed by atoms with Crippen LogP contribution >= 0.6 is 0 Å². The lowest BCUT2D eigenvalue weighted by Crippen LogP contribution is -2.41. The molecule has 0 heterocycles. The molecule has 0 radical (unpaired) electrons. The molecule has 0 bridgehead atoms. The van der Waals surface area contributed by atoms with Crippen molar-refractivity contribution in [2.75, 3.05) is 6.61 Å². The molecule has 1 N–H and O–H groups in total. The normalized spacial score (nSPS) is 24.2. The van der Waals surface area contributed by atoms with Gasteiger partial charge in [0.2, 0.25) is 0 Å². The van der Waals surface area contributed by atoms with Crippen LogP contribution in [-0.2, 0) is 4.74 Å². The Balaban J connectivity index is 2.31. The lowest BCUT2D eigenvalue weighted by atomic mass is 9.75. The minimum atomic E-state index is -4.47. The Bertz CT molecular complexity index is 276. The van der Waals surface area contributed by atoms with E-state index in [0.29, 0.717) is 0 Å². The number of rotatable bonds is 2. The fourth-order valence-corrected chi connectivity index (χ4v) is 2.18. The number of alkyl halides is 3. The highest BCUT2D eigenvalue weighted by Gasteiger charge is 2.32. The van der Waals surface area contributed by atoms with Crippen molar-refractivity contribution >= 4 is 6.09 Å². The van der Waals surface area contributed by atoms with Gasteiger partial charge < -0.3 is 10.1 Å². The molecule has 1 atom stereocenters. The molecule has 6 heteroatoms. The lowest BCUT2D eigenvalue weighted by Gasteiger charge is -2.35. The Kier molecular flexibility index (Phi) is 4.27. The van der Waals surface area contributed by atoms with Crippen LogP contribution in [0.5, 0.6) is 0 Å². The molecule has 1 unspecified atom stereocenters. The van der Waals surface area contributed by atoms with Crippen molar-refractivity contribution in [2.24, 2.45) is 5.41 Å². The molecule has 1 fully saturated rings. The number of hydrogen-bond acceptors (Lipinski definition) is 2. The van der Waals surface area contributed by atoms with E-state index < -0.39 is 18.9 Å². The van der Waals surface area contributed by atoms with Crippen LogP contribution in [0.15, 0.2) is 0 Å². The third-order valence-corrected chi connectivity index (χ3v) is 2.89. The van der Waals surface area contributed by atoms with Crippen LogP contribution in [0.2, 0.25) is 0 Å². The molecule has 0 aromatic rings. The summed E-state index contributed by atoms with van der Waals surface area (Å²) in [6.07, 6.45) is -1.84. The highest BCUT2D eigenvalue weighted by Crippen LogP contribution is 2.35. The first-order valence-electron chi connectivity index (χ1n) is 5.68. The summed E-state index contributed by atoms with van der Waals surface area (Å²) in [6, 6.07) is -0.0838. The van der Waals surface area contributed by atoms with Gasteiger partial charge in [-0.2, -0.15) is 13.2 Å². The van der Waals surface area contributed by atoms with Gasteiger partial charge in [-0.25, -0.2) is 4.79 Å². The molecular formula is C11H18F3NO2. The minimum Gasteiger partial charge on any atom is -0.440 e. The molecule has 1 rings (SSSR count). The fraction of sp³-hybridized carbons (Fsp3) is 0.909. The Morgan fingerprint density at radius 1 is 1.47 bits per heavy atom. The maximum absolute atomic E-state index is 11.8. The molecule has 1 aliphatic rings. The molecule has 0 aliphatic heterocycles. The van der Waals surface area contributed by atoms with Gasteiger partial charge >= 0.3 is 12.3 Å². The number of hydrogen-bond donors (Lipinski definition) is 1. The molecular weight excluding hydrogens is 235 g/mol. The molecule has 1 amide bonds. The van der Waals surface area contributed by atoms with Gasteiger partial charge in [0.15, 0.2) is 6.61 Å². The predicted octanol–water partition coefficient (Wildman–Crippen LogP) is 3.24. The Hall–Kier alpha value is -0.940. The molecule has 1 saturated carbocycles. The number of amides is 1. The van der Waals surface area contributed by atoms with Crippen LogP contribution < -0.4 is 5.32 Å². The van der Waals surface area contributed by atoms with Crippen LogP contribution in [-0.4, -0.2) is 24.9 Å². The summed E-state index contributed by atoms with van der Waals surface area (Å²) in [7, 11) is 0. The van der Waals surface area contributed by atoms with Crippen LogP contribution in [0.1, 0.15) is 39.5 Å². The van der Waals surface area contributed by atoms with Gasteiger partial charge in [-0.15, -0.1) is 0 Å². The predicted molar refractivity (Wildman–Crippen MR) is 56.6 cm³/mol. The van der Waals surface area contributed by atoms with E-state index in [1.165, 1.54) is 0 Å². The third-order valence-electron chi connectivity index (χ3n) is 2.89. The standard InChI is InChI=1S/C11H18F3NO2/c1-10(2)5-3-4-8(6-10)15-9(16)17-7-11(12,13)14/h8H,3-7H2,1-2H3,(H,15,16). The molecule has 0 saturated heterocycles. The third kappa shape index (κ3) is 5.79. The second-order valence-electron chi connectivity index (χ2n) is 5.29. The average Bonchev–Trinajstić information content (AvgIpc) is 2.12. The first-order chi connectivity index (χ1) is 7.68. The smallest absolute Gasteiger partial charge is 0.422 e. The van der Waals surface area contributed by atoms with Gasteiger partial charge in [0.05, 0.1) is 0 Å². The van der Waals surface area contributed by atoms with Crippen molar-refractivity contribution in [3.8, 4) is 0 Å². The summed E-state index contributed by atoms with van der Waals surface area (Å²) in [6.45, 7) is 2.64. The molecule has 1 aliphatic carbocycles. The second-order valence-corrected chi connectivity index (χ2v) is 5.29. The van der Waals surface area contributed by atoms with Crippen molar-refractivity contribution in [2.45, 2.75) is 51.7 Å². The van der Waals surface area contributed by atoms with Crippen molar-refractivity contribution in [1.82, 2.24) is 5.32 Å². The number of nitrogens with one attached hydrogen (secondary N) is 1. The highest BCUT2D eigenvalue weighted by molar-refractivity contribution is 5.67. The van der Waals surface area contributed by atoms with Crippen LogP contribution in [0.4, 0.5) is 18.0 Å². The summed E-state index contributed by atoms with van der Waals surface area (Å²) < 4.78 is 39.5. The zero-order valence-electron chi connectivity index (χ0n) is 10.1. The summed E-state index contributed by atoms with van der Waals surface area (Å²) >= 11 is 0. The first kappa shape index (κ1) is 14.1. The number of alkyl carbamates (subject to hydrolysis) is 1. The molecule has 0 spiro atoms. The van der Waals surface area contributed by atoms with E-state index >= 15 is 0 Å². The Morgan fingerprint density at radius 2 is 2.12 bits per heavy atom. The Morgan fingerprint density at radius 3 is 2.65 bits per heavy atom. The molecule has 0 aromatic heterocycles. The van der Waals surface area contributed by atoms with E-state index in [4.69, 9.17) is 0 Å². The quantitative estimate of drug-likeness (QED) is 0.820. The molecule has 0 aromatic carbocycles. The summed E-state index contributed by atoms with van der Waals surface area (Å²) in [5, 5.41) is 2.49.